The van der Waals surface area contributed by atoms with Crippen LogP contribution in [-0.4, -0.2) is 35.6 Å². The first-order valence-corrected chi connectivity index (χ1v) is 4.50. The molecule has 3 nitrogen and oxygen atoms in total. The molecular formula is C10H19NO2. The van der Waals surface area contributed by atoms with E-state index in [1.54, 1.807) is 18.9 Å². The predicted molar refractivity (Wildman–Crippen MR) is 53.4 cm³/mol. The zero-order chi connectivity index (χ0) is 10.4. The molecule has 1 atom stereocenters. The van der Waals surface area contributed by atoms with Crippen LogP contribution in [0.4, 0.5) is 0 Å². The molecule has 0 rings (SSSR count). The average molecular weight is 185 g/mol. The number of aliphatic hydroxyl groups is 1. The average Bonchev–Trinajstić information content (AvgIpc) is 1.98. The Bertz CT molecular complexity index is 187. The number of hydrogen-bond donors (Lipinski definition) is 1. The molecular weight excluding hydrogens is 166 g/mol. The molecule has 0 radical (unpaired) electrons. The lowest BCUT2D eigenvalue weighted by Gasteiger charge is -2.17. The summed E-state index contributed by atoms with van der Waals surface area (Å²) >= 11 is 0. The molecule has 1 amide bonds. The van der Waals surface area contributed by atoms with Crippen molar-refractivity contribution in [1.82, 2.24) is 4.90 Å². The minimum Gasteiger partial charge on any atom is -0.393 e. The largest absolute Gasteiger partial charge is 0.393 e. The number of carbonyl (C=O) groups excluding carboxylic acids is 1. The van der Waals surface area contributed by atoms with Gasteiger partial charge in [0.15, 0.2) is 0 Å². The second kappa shape index (κ2) is 5.75. The van der Waals surface area contributed by atoms with Gasteiger partial charge in [0.25, 0.3) is 0 Å². The highest BCUT2D eigenvalue weighted by Gasteiger charge is 2.09. The van der Waals surface area contributed by atoms with Gasteiger partial charge < -0.3 is 10.0 Å². The molecule has 0 aromatic rings. The van der Waals surface area contributed by atoms with Crippen molar-refractivity contribution in [2.75, 3.05) is 13.6 Å². The fourth-order valence-corrected chi connectivity index (χ4v) is 1.02. The van der Waals surface area contributed by atoms with Gasteiger partial charge in [0, 0.05) is 20.0 Å². The van der Waals surface area contributed by atoms with Gasteiger partial charge in [-0.25, -0.2) is 0 Å². The molecule has 0 bridgehead atoms. The molecule has 0 aliphatic heterocycles. The number of amides is 1. The number of likely N-dealkylation sites (N-methyl/N-ethyl adjacent to an activating group) is 1. The highest BCUT2D eigenvalue weighted by Crippen LogP contribution is 2.01. The van der Waals surface area contributed by atoms with E-state index in [1.807, 2.05) is 6.92 Å². The van der Waals surface area contributed by atoms with Gasteiger partial charge in [-0.1, -0.05) is 12.2 Å². The van der Waals surface area contributed by atoms with E-state index >= 15 is 0 Å². The summed E-state index contributed by atoms with van der Waals surface area (Å²) in [7, 11) is 1.75. The van der Waals surface area contributed by atoms with Crippen LogP contribution in [0.2, 0.25) is 0 Å². The van der Waals surface area contributed by atoms with E-state index in [4.69, 9.17) is 5.11 Å². The van der Waals surface area contributed by atoms with Crippen molar-refractivity contribution in [3.63, 3.8) is 0 Å². The lowest BCUT2D eigenvalue weighted by Crippen LogP contribution is -2.28. The minimum absolute atomic E-state index is 0.0592. The van der Waals surface area contributed by atoms with Crippen LogP contribution in [0.15, 0.2) is 12.2 Å². The Kier molecular flexibility index (Phi) is 5.39. The summed E-state index contributed by atoms with van der Waals surface area (Å²) in [6.07, 6.45) is 0.531. The molecule has 13 heavy (non-hydrogen) atoms. The highest BCUT2D eigenvalue weighted by molar-refractivity contribution is 5.76. The quantitative estimate of drug-likeness (QED) is 0.653. The first-order valence-electron chi connectivity index (χ1n) is 4.50. The maximum atomic E-state index is 11.4. The van der Waals surface area contributed by atoms with Gasteiger partial charge in [-0.3, -0.25) is 4.79 Å². The molecule has 1 N–H and O–H groups in total. The lowest BCUT2D eigenvalue weighted by molar-refractivity contribution is -0.130. The van der Waals surface area contributed by atoms with Crippen LogP contribution in [0, 0.1) is 0 Å². The summed E-state index contributed by atoms with van der Waals surface area (Å²) in [5.74, 6) is 0.0592. The maximum absolute atomic E-state index is 11.4. The minimum atomic E-state index is -0.401. The molecule has 0 spiro atoms. The molecule has 0 fully saturated rings. The summed E-state index contributed by atoms with van der Waals surface area (Å²) in [5, 5.41) is 8.98. The van der Waals surface area contributed by atoms with Gasteiger partial charge in [-0.2, -0.15) is 0 Å². The molecule has 0 aliphatic rings. The summed E-state index contributed by atoms with van der Waals surface area (Å²) in [6, 6.07) is 0. The van der Waals surface area contributed by atoms with Crippen molar-refractivity contribution < 1.29 is 9.90 Å². The number of carbonyl (C=O) groups is 1. The standard InChI is InChI=1S/C10H19NO2/c1-8(2)7-11(4)10(13)6-5-9(3)12/h9,12H,1,5-7H2,2-4H3. The van der Waals surface area contributed by atoms with E-state index in [2.05, 4.69) is 6.58 Å². The SMILES string of the molecule is C=C(C)CN(C)C(=O)CCC(C)O. The van der Waals surface area contributed by atoms with Crippen LogP contribution >= 0.6 is 0 Å². The van der Waals surface area contributed by atoms with E-state index < -0.39 is 6.10 Å². The smallest absolute Gasteiger partial charge is 0.222 e. The fourth-order valence-electron chi connectivity index (χ4n) is 1.02. The Morgan fingerprint density at radius 1 is 1.62 bits per heavy atom. The Morgan fingerprint density at radius 3 is 2.54 bits per heavy atom. The fraction of sp³-hybridized carbons (Fsp3) is 0.700. The van der Waals surface area contributed by atoms with Crippen molar-refractivity contribution in [3.05, 3.63) is 12.2 Å². The van der Waals surface area contributed by atoms with Gasteiger partial charge in [0.05, 0.1) is 6.10 Å². The topological polar surface area (TPSA) is 40.5 Å². The molecule has 1 unspecified atom stereocenters. The summed E-state index contributed by atoms with van der Waals surface area (Å²) in [4.78, 5) is 13.0. The Labute approximate surface area is 80.0 Å². The van der Waals surface area contributed by atoms with Crippen molar-refractivity contribution in [2.24, 2.45) is 0 Å². The maximum Gasteiger partial charge on any atom is 0.222 e. The van der Waals surface area contributed by atoms with Crippen LogP contribution in [0.25, 0.3) is 0 Å². The second-order valence-corrected chi connectivity index (χ2v) is 3.59. The first kappa shape index (κ1) is 12.2. The zero-order valence-corrected chi connectivity index (χ0v) is 8.71. The monoisotopic (exact) mass is 185 g/mol. The third-order valence-corrected chi connectivity index (χ3v) is 1.71. The third kappa shape index (κ3) is 6.34. The van der Waals surface area contributed by atoms with Gasteiger partial charge in [-0.05, 0) is 20.3 Å². The molecule has 0 heterocycles. The molecule has 0 saturated carbocycles. The molecule has 0 aromatic carbocycles. The first-order chi connectivity index (χ1) is 5.93. The van der Waals surface area contributed by atoms with E-state index in [9.17, 15) is 4.79 Å². The van der Waals surface area contributed by atoms with Gasteiger partial charge in [0.2, 0.25) is 5.91 Å². The van der Waals surface area contributed by atoms with E-state index in [0.717, 1.165) is 5.57 Å². The number of hydrogen-bond acceptors (Lipinski definition) is 2. The number of aliphatic hydroxyl groups excluding tert-OH is 1. The Hall–Kier alpha value is -0.830. The van der Waals surface area contributed by atoms with E-state index in [-0.39, 0.29) is 5.91 Å². The van der Waals surface area contributed by atoms with E-state index in [0.29, 0.717) is 19.4 Å². The van der Waals surface area contributed by atoms with Gasteiger partial charge in [0.1, 0.15) is 0 Å². The Balaban J connectivity index is 3.76. The third-order valence-electron chi connectivity index (χ3n) is 1.71. The van der Waals surface area contributed by atoms with Crippen LogP contribution < -0.4 is 0 Å². The van der Waals surface area contributed by atoms with Crippen molar-refractivity contribution in [1.29, 1.82) is 0 Å². The number of nitrogens with zero attached hydrogens (tertiary/aromatic N) is 1. The normalized spacial score (nSPS) is 12.3. The molecule has 0 aliphatic carbocycles. The zero-order valence-electron chi connectivity index (χ0n) is 8.71. The van der Waals surface area contributed by atoms with Gasteiger partial charge >= 0.3 is 0 Å². The van der Waals surface area contributed by atoms with E-state index in [1.165, 1.54) is 0 Å². The van der Waals surface area contributed by atoms with Crippen molar-refractivity contribution in [3.8, 4) is 0 Å². The van der Waals surface area contributed by atoms with Crippen LogP contribution in [0.5, 0.6) is 0 Å². The molecule has 76 valence electrons. The lowest BCUT2D eigenvalue weighted by atomic mass is 10.2. The van der Waals surface area contributed by atoms with Crippen LogP contribution in [0.3, 0.4) is 0 Å². The molecule has 3 heteroatoms. The van der Waals surface area contributed by atoms with Crippen molar-refractivity contribution in [2.45, 2.75) is 32.8 Å². The highest BCUT2D eigenvalue weighted by atomic mass is 16.3. The van der Waals surface area contributed by atoms with Crippen LogP contribution in [-0.2, 0) is 4.79 Å². The molecule has 0 saturated heterocycles. The van der Waals surface area contributed by atoms with Crippen LogP contribution in [0.1, 0.15) is 26.7 Å². The predicted octanol–water partition coefficient (Wildman–Crippen LogP) is 1.18. The number of rotatable bonds is 5. The summed E-state index contributed by atoms with van der Waals surface area (Å²) in [6.45, 7) is 7.90. The molecule has 0 aromatic heterocycles. The second-order valence-electron chi connectivity index (χ2n) is 3.59. The van der Waals surface area contributed by atoms with Gasteiger partial charge in [-0.15, -0.1) is 0 Å². The summed E-state index contributed by atoms with van der Waals surface area (Å²) < 4.78 is 0. The summed E-state index contributed by atoms with van der Waals surface area (Å²) in [5.41, 5.74) is 0.966. The van der Waals surface area contributed by atoms with Crippen molar-refractivity contribution >= 4 is 5.91 Å². The Morgan fingerprint density at radius 2 is 2.15 bits per heavy atom.